The summed E-state index contributed by atoms with van der Waals surface area (Å²) < 4.78 is 2.12. The second-order valence-corrected chi connectivity index (χ2v) is 9.60. The zero-order valence-electron chi connectivity index (χ0n) is 16.0. The molecule has 26 heavy (non-hydrogen) atoms. The van der Waals surface area contributed by atoms with Gasteiger partial charge >= 0.3 is 0 Å². The fourth-order valence-electron chi connectivity index (χ4n) is 4.09. The van der Waals surface area contributed by atoms with Gasteiger partial charge in [-0.15, -0.1) is 11.8 Å². The van der Waals surface area contributed by atoms with Gasteiger partial charge in [-0.1, -0.05) is 13.8 Å². The number of nitrogens with one attached hydrogen (secondary N) is 2. The van der Waals surface area contributed by atoms with Gasteiger partial charge in [0.15, 0.2) is 0 Å². The van der Waals surface area contributed by atoms with E-state index in [1.807, 2.05) is 38.0 Å². The molecule has 140 valence electrons. The van der Waals surface area contributed by atoms with Crippen LogP contribution in [0.2, 0.25) is 0 Å². The number of hydrogen-bond acceptors (Lipinski definition) is 4. The van der Waals surface area contributed by atoms with Gasteiger partial charge in [-0.05, 0) is 56.8 Å². The Bertz CT molecular complexity index is 818. The molecule has 1 saturated carbocycles. The number of carbonyl (C=O) groups is 1. The number of pyridine rings is 1. The number of rotatable bonds is 6. The van der Waals surface area contributed by atoms with Crippen LogP contribution >= 0.6 is 11.8 Å². The molecular weight excluding hydrogens is 344 g/mol. The first-order valence-corrected chi connectivity index (χ1v) is 10.5. The first-order chi connectivity index (χ1) is 12.4. The van der Waals surface area contributed by atoms with Crippen LogP contribution in [0.1, 0.15) is 33.5 Å². The van der Waals surface area contributed by atoms with Gasteiger partial charge in [0.1, 0.15) is 5.82 Å². The highest BCUT2D eigenvalue weighted by Crippen LogP contribution is 2.49. The number of fused-ring (bicyclic) bond motifs is 2. The largest absolute Gasteiger partial charge is 0.344 e. The van der Waals surface area contributed by atoms with Crippen LogP contribution in [0.5, 0.6) is 0 Å². The minimum Gasteiger partial charge on any atom is -0.344 e. The fraction of sp³-hybridized carbons (Fsp3) is 0.600. The predicted octanol–water partition coefficient (Wildman–Crippen LogP) is 2.90. The molecule has 1 unspecified atom stereocenters. The molecule has 2 aromatic rings. The van der Waals surface area contributed by atoms with E-state index >= 15 is 0 Å². The summed E-state index contributed by atoms with van der Waals surface area (Å²) in [5.41, 5.74) is 0.609. The third kappa shape index (κ3) is 3.14. The first kappa shape index (κ1) is 17.9. The number of amides is 1. The summed E-state index contributed by atoms with van der Waals surface area (Å²) in [5.74, 6) is 4.03. The Kier molecular flexibility index (Phi) is 4.51. The van der Waals surface area contributed by atoms with Gasteiger partial charge < -0.3 is 15.0 Å². The van der Waals surface area contributed by atoms with Crippen molar-refractivity contribution in [3.63, 3.8) is 0 Å². The van der Waals surface area contributed by atoms with Gasteiger partial charge in [0.05, 0.1) is 17.3 Å². The fourth-order valence-corrected chi connectivity index (χ4v) is 5.08. The van der Waals surface area contributed by atoms with Gasteiger partial charge in [-0.3, -0.25) is 4.79 Å². The van der Waals surface area contributed by atoms with E-state index in [2.05, 4.69) is 46.0 Å². The van der Waals surface area contributed by atoms with E-state index in [4.69, 9.17) is 0 Å². The highest BCUT2D eigenvalue weighted by Gasteiger charge is 2.57. The summed E-state index contributed by atoms with van der Waals surface area (Å²) in [5, 5.41) is 6.60. The Balaban J connectivity index is 1.55. The normalized spacial score (nSPS) is 24.9. The molecule has 0 bridgehead atoms. The molecule has 1 amide bonds. The predicted molar refractivity (Wildman–Crippen MR) is 105 cm³/mol. The zero-order valence-corrected chi connectivity index (χ0v) is 16.8. The molecule has 3 heterocycles. The van der Waals surface area contributed by atoms with Crippen molar-refractivity contribution in [1.82, 2.24) is 20.0 Å². The topological polar surface area (TPSA) is 58.4 Å². The van der Waals surface area contributed by atoms with Crippen molar-refractivity contribution in [3.8, 4) is 0 Å². The summed E-state index contributed by atoms with van der Waals surface area (Å²) in [6.45, 7) is 10.5. The van der Waals surface area contributed by atoms with Gasteiger partial charge in [-0.2, -0.15) is 0 Å². The maximum Gasteiger partial charge on any atom is 0.224 e. The van der Waals surface area contributed by atoms with E-state index in [-0.39, 0.29) is 11.8 Å². The zero-order chi connectivity index (χ0) is 18.5. The van der Waals surface area contributed by atoms with Crippen molar-refractivity contribution in [3.05, 3.63) is 30.4 Å². The van der Waals surface area contributed by atoms with E-state index in [0.29, 0.717) is 17.8 Å². The van der Waals surface area contributed by atoms with Crippen LogP contribution in [-0.2, 0) is 10.3 Å². The van der Waals surface area contributed by atoms with Crippen molar-refractivity contribution in [1.29, 1.82) is 0 Å². The Morgan fingerprint density at radius 2 is 2.15 bits per heavy atom. The van der Waals surface area contributed by atoms with Crippen molar-refractivity contribution in [2.45, 2.75) is 38.1 Å². The van der Waals surface area contributed by atoms with Crippen LogP contribution in [-0.4, -0.2) is 34.1 Å². The molecule has 2 aliphatic rings. The molecule has 0 aromatic carbocycles. The lowest BCUT2D eigenvalue weighted by atomic mass is 10.0. The summed E-state index contributed by atoms with van der Waals surface area (Å²) in [6.07, 6.45) is 3.97. The average molecular weight is 373 g/mol. The van der Waals surface area contributed by atoms with Crippen molar-refractivity contribution < 1.29 is 4.79 Å². The second-order valence-electron chi connectivity index (χ2n) is 8.54. The Morgan fingerprint density at radius 1 is 1.42 bits per heavy atom. The molecule has 3 atom stereocenters. The maximum atomic E-state index is 12.7. The van der Waals surface area contributed by atoms with Gasteiger partial charge in [0, 0.05) is 22.8 Å². The minimum absolute atomic E-state index is 0.175. The number of carbonyl (C=O) groups excluding carboxylic acids is 1. The van der Waals surface area contributed by atoms with E-state index in [1.54, 1.807) is 0 Å². The van der Waals surface area contributed by atoms with Gasteiger partial charge in [0.25, 0.3) is 0 Å². The molecule has 0 spiro atoms. The molecule has 4 rings (SSSR count). The van der Waals surface area contributed by atoms with Crippen LogP contribution in [0, 0.1) is 23.7 Å². The quantitative estimate of drug-likeness (QED) is 0.766. The highest BCUT2D eigenvalue weighted by atomic mass is 32.2. The summed E-state index contributed by atoms with van der Waals surface area (Å²) in [7, 11) is 0. The summed E-state index contributed by atoms with van der Waals surface area (Å²) in [4.78, 5) is 18.7. The molecule has 1 aliphatic carbocycles. The third-order valence-corrected chi connectivity index (χ3v) is 6.98. The van der Waals surface area contributed by atoms with Crippen molar-refractivity contribution in [2.75, 3.05) is 18.8 Å². The lowest BCUT2D eigenvalue weighted by molar-refractivity contribution is -0.124. The van der Waals surface area contributed by atoms with Gasteiger partial charge in [-0.25, -0.2) is 4.98 Å². The average Bonchev–Trinajstić information content (AvgIpc) is 2.95. The Labute approximate surface area is 159 Å². The number of piperidine rings is 1. The molecule has 2 fully saturated rings. The monoisotopic (exact) mass is 372 g/mol. The maximum absolute atomic E-state index is 12.7. The number of hydrogen-bond donors (Lipinski definition) is 2. The highest BCUT2D eigenvalue weighted by molar-refractivity contribution is 7.99. The van der Waals surface area contributed by atoms with E-state index < -0.39 is 5.54 Å². The number of thioether (sulfide) groups is 1. The lowest BCUT2D eigenvalue weighted by Crippen LogP contribution is -2.44. The Morgan fingerprint density at radius 3 is 2.85 bits per heavy atom. The van der Waals surface area contributed by atoms with Crippen molar-refractivity contribution >= 4 is 23.2 Å². The molecule has 2 N–H and O–H groups in total. The van der Waals surface area contributed by atoms with Gasteiger partial charge in [0.2, 0.25) is 5.91 Å². The van der Waals surface area contributed by atoms with Crippen LogP contribution in [0.25, 0.3) is 5.52 Å². The molecule has 1 saturated heterocycles. The Hall–Kier alpha value is -1.53. The molecular formula is C20H28N4OS. The summed E-state index contributed by atoms with van der Waals surface area (Å²) >= 11 is 1.87. The first-order valence-electron chi connectivity index (χ1n) is 9.50. The standard InChI is InChI=1S/C20H28N4OS/c1-12(2)11-26-16-6-5-7-24-15(16)10-22-19(24)20(3,4)23-18(25)17-13-8-21-9-14(13)17/h5-7,10,12-14,17,21H,8-9,11H2,1-4H3,(H,23,25)/t13-,14+,17?. The van der Waals surface area contributed by atoms with E-state index in [9.17, 15) is 4.79 Å². The van der Waals surface area contributed by atoms with Crippen LogP contribution in [0.3, 0.4) is 0 Å². The number of aromatic nitrogens is 2. The van der Waals surface area contributed by atoms with E-state index in [1.165, 1.54) is 4.90 Å². The van der Waals surface area contributed by atoms with E-state index in [0.717, 1.165) is 30.2 Å². The smallest absolute Gasteiger partial charge is 0.224 e. The SMILES string of the molecule is CC(C)CSc1cccn2c(C(C)(C)NC(=O)C3[C@H]4CNC[C@@H]34)ncc12. The number of nitrogens with zero attached hydrogens (tertiary/aromatic N) is 2. The lowest BCUT2D eigenvalue weighted by Gasteiger charge is -2.26. The molecule has 2 aromatic heterocycles. The molecule has 0 radical (unpaired) electrons. The summed E-state index contributed by atoms with van der Waals surface area (Å²) in [6, 6.07) is 4.22. The molecule has 1 aliphatic heterocycles. The molecule has 6 heteroatoms. The van der Waals surface area contributed by atoms with Crippen molar-refractivity contribution in [2.24, 2.45) is 23.7 Å². The number of imidazole rings is 1. The molecule has 5 nitrogen and oxygen atoms in total. The minimum atomic E-state index is -0.505. The third-order valence-electron chi connectivity index (χ3n) is 5.49. The van der Waals surface area contributed by atoms with Crippen LogP contribution < -0.4 is 10.6 Å². The van der Waals surface area contributed by atoms with Crippen LogP contribution in [0.4, 0.5) is 0 Å². The second kappa shape index (κ2) is 6.57. The van der Waals surface area contributed by atoms with Crippen LogP contribution in [0.15, 0.2) is 29.4 Å².